The first-order valence-electron chi connectivity index (χ1n) is 2.22. The minimum absolute atomic E-state index is 0. The van der Waals surface area contributed by atoms with Gasteiger partial charge in [0.15, 0.2) is 0 Å². The van der Waals surface area contributed by atoms with Crippen molar-refractivity contribution in [2.24, 2.45) is 11.7 Å². The standard InChI is InChI=1S/C5H9N.ClH/c1-2-4-3-5(4)6;/h2,4-5H,1,3,6H2;1H/t4-,5+;/m1./s1. The Kier molecular flexibility index (Phi) is 2.33. The molecule has 0 heterocycles. The largest absolute Gasteiger partial charge is 0.327 e. The molecule has 7 heavy (non-hydrogen) atoms. The average molecular weight is 120 g/mol. The first kappa shape index (κ1) is 6.99. The lowest BCUT2D eigenvalue weighted by Crippen LogP contribution is -1.99. The third-order valence-corrected chi connectivity index (χ3v) is 1.19. The first-order valence-corrected chi connectivity index (χ1v) is 2.22. The van der Waals surface area contributed by atoms with Gasteiger partial charge in [0, 0.05) is 6.04 Å². The number of hydrogen-bond acceptors (Lipinski definition) is 1. The molecule has 0 aromatic heterocycles. The lowest BCUT2D eigenvalue weighted by atomic mass is 10.4. The topological polar surface area (TPSA) is 26.0 Å². The summed E-state index contributed by atoms with van der Waals surface area (Å²) in [5, 5.41) is 0. The van der Waals surface area contributed by atoms with Gasteiger partial charge >= 0.3 is 0 Å². The molecule has 0 aromatic carbocycles. The average Bonchev–Trinajstić information content (AvgIpc) is 2.19. The molecule has 42 valence electrons. The summed E-state index contributed by atoms with van der Waals surface area (Å²) in [4.78, 5) is 0. The van der Waals surface area contributed by atoms with Crippen LogP contribution < -0.4 is 5.73 Å². The molecule has 0 bridgehead atoms. The zero-order chi connectivity index (χ0) is 4.57. The summed E-state index contributed by atoms with van der Waals surface area (Å²) in [6.45, 7) is 3.59. The van der Waals surface area contributed by atoms with Gasteiger partial charge in [-0.1, -0.05) is 6.08 Å². The van der Waals surface area contributed by atoms with E-state index in [1.807, 2.05) is 6.08 Å². The van der Waals surface area contributed by atoms with E-state index in [4.69, 9.17) is 5.73 Å². The van der Waals surface area contributed by atoms with Crippen molar-refractivity contribution in [2.45, 2.75) is 12.5 Å². The van der Waals surface area contributed by atoms with E-state index in [1.165, 1.54) is 0 Å². The van der Waals surface area contributed by atoms with Crippen LogP contribution in [-0.2, 0) is 0 Å². The molecule has 1 saturated carbocycles. The molecule has 0 saturated heterocycles. The van der Waals surface area contributed by atoms with Crippen LogP contribution in [0.15, 0.2) is 12.7 Å². The molecule has 1 rings (SSSR count). The number of rotatable bonds is 1. The molecule has 2 N–H and O–H groups in total. The van der Waals surface area contributed by atoms with Gasteiger partial charge in [0.05, 0.1) is 0 Å². The van der Waals surface area contributed by atoms with E-state index in [9.17, 15) is 0 Å². The van der Waals surface area contributed by atoms with Crippen LogP contribution in [-0.4, -0.2) is 6.04 Å². The van der Waals surface area contributed by atoms with Crippen molar-refractivity contribution >= 4 is 12.4 Å². The Hall–Kier alpha value is -0.0100. The molecule has 0 radical (unpaired) electrons. The number of nitrogens with two attached hydrogens (primary N) is 1. The molecule has 2 heteroatoms. The molecule has 0 aromatic rings. The molecule has 0 unspecified atom stereocenters. The van der Waals surface area contributed by atoms with Crippen molar-refractivity contribution in [3.8, 4) is 0 Å². The van der Waals surface area contributed by atoms with E-state index in [0.717, 1.165) is 6.42 Å². The van der Waals surface area contributed by atoms with E-state index in [1.54, 1.807) is 0 Å². The van der Waals surface area contributed by atoms with E-state index in [2.05, 4.69) is 6.58 Å². The predicted molar refractivity (Wildman–Crippen MR) is 33.5 cm³/mol. The second kappa shape index (κ2) is 2.34. The van der Waals surface area contributed by atoms with Gasteiger partial charge in [0.25, 0.3) is 0 Å². The van der Waals surface area contributed by atoms with Gasteiger partial charge in [-0.3, -0.25) is 0 Å². The van der Waals surface area contributed by atoms with E-state index in [0.29, 0.717) is 12.0 Å². The van der Waals surface area contributed by atoms with Gasteiger partial charge in [-0.2, -0.15) is 0 Å². The van der Waals surface area contributed by atoms with E-state index in [-0.39, 0.29) is 12.4 Å². The van der Waals surface area contributed by atoms with Gasteiger partial charge in [0.2, 0.25) is 0 Å². The van der Waals surface area contributed by atoms with Crippen molar-refractivity contribution in [3.63, 3.8) is 0 Å². The lowest BCUT2D eigenvalue weighted by molar-refractivity contribution is 0.978. The Balaban J connectivity index is 0.000000360. The van der Waals surface area contributed by atoms with Gasteiger partial charge < -0.3 is 5.73 Å². The second-order valence-electron chi connectivity index (χ2n) is 1.80. The van der Waals surface area contributed by atoms with Crippen LogP contribution >= 0.6 is 12.4 Å². The zero-order valence-corrected chi connectivity index (χ0v) is 4.95. The van der Waals surface area contributed by atoms with Crippen LogP contribution in [0.25, 0.3) is 0 Å². The lowest BCUT2D eigenvalue weighted by Gasteiger charge is -1.73. The number of halogens is 1. The summed E-state index contributed by atoms with van der Waals surface area (Å²) >= 11 is 0. The fourth-order valence-electron chi connectivity index (χ4n) is 0.507. The Bertz CT molecular complexity index is 72.5. The Morgan fingerprint density at radius 2 is 2.14 bits per heavy atom. The molecule has 1 nitrogen and oxygen atoms in total. The third-order valence-electron chi connectivity index (χ3n) is 1.19. The molecular weight excluding hydrogens is 110 g/mol. The molecule has 0 amide bonds. The fraction of sp³-hybridized carbons (Fsp3) is 0.600. The summed E-state index contributed by atoms with van der Waals surface area (Å²) in [5.74, 6) is 0.644. The Morgan fingerprint density at radius 3 is 2.14 bits per heavy atom. The van der Waals surface area contributed by atoms with Gasteiger partial charge in [-0.15, -0.1) is 19.0 Å². The molecule has 2 atom stereocenters. The Morgan fingerprint density at radius 1 is 1.71 bits per heavy atom. The maximum Gasteiger partial charge on any atom is 0.0109 e. The maximum absolute atomic E-state index is 5.41. The van der Waals surface area contributed by atoms with Crippen LogP contribution in [0.4, 0.5) is 0 Å². The molecule has 1 fully saturated rings. The fourth-order valence-corrected chi connectivity index (χ4v) is 0.507. The maximum atomic E-state index is 5.41. The highest BCUT2D eigenvalue weighted by Crippen LogP contribution is 2.27. The smallest absolute Gasteiger partial charge is 0.0109 e. The summed E-state index contributed by atoms with van der Waals surface area (Å²) < 4.78 is 0. The quantitative estimate of drug-likeness (QED) is 0.511. The van der Waals surface area contributed by atoms with E-state index < -0.39 is 0 Å². The van der Waals surface area contributed by atoms with Crippen molar-refractivity contribution < 1.29 is 0 Å². The number of hydrogen-bond donors (Lipinski definition) is 1. The van der Waals surface area contributed by atoms with Gasteiger partial charge in [-0.05, 0) is 12.3 Å². The van der Waals surface area contributed by atoms with Crippen LogP contribution in [0.1, 0.15) is 6.42 Å². The van der Waals surface area contributed by atoms with Gasteiger partial charge in [-0.25, -0.2) is 0 Å². The molecular formula is C5H10ClN. The van der Waals surface area contributed by atoms with Crippen molar-refractivity contribution in [1.29, 1.82) is 0 Å². The first-order chi connectivity index (χ1) is 2.84. The minimum atomic E-state index is 0. The van der Waals surface area contributed by atoms with Crippen LogP contribution in [0, 0.1) is 5.92 Å². The van der Waals surface area contributed by atoms with Crippen molar-refractivity contribution in [1.82, 2.24) is 0 Å². The summed E-state index contributed by atoms with van der Waals surface area (Å²) in [6, 6.07) is 0.447. The molecule has 1 aliphatic carbocycles. The second-order valence-corrected chi connectivity index (χ2v) is 1.80. The van der Waals surface area contributed by atoms with Gasteiger partial charge in [0.1, 0.15) is 0 Å². The molecule has 1 aliphatic rings. The van der Waals surface area contributed by atoms with Crippen molar-refractivity contribution in [3.05, 3.63) is 12.7 Å². The van der Waals surface area contributed by atoms with E-state index >= 15 is 0 Å². The summed E-state index contributed by atoms with van der Waals surface area (Å²) in [7, 11) is 0. The molecule has 0 aliphatic heterocycles. The highest BCUT2D eigenvalue weighted by molar-refractivity contribution is 5.85. The SMILES string of the molecule is C=C[C@@H]1C[C@@H]1N.Cl. The Labute approximate surface area is 50.0 Å². The summed E-state index contributed by atoms with van der Waals surface area (Å²) in [6.07, 6.45) is 3.08. The van der Waals surface area contributed by atoms with Crippen molar-refractivity contribution in [2.75, 3.05) is 0 Å². The highest BCUT2D eigenvalue weighted by Gasteiger charge is 2.29. The van der Waals surface area contributed by atoms with Crippen LogP contribution in [0.2, 0.25) is 0 Å². The monoisotopic (exact) mass is 119 g/mol. The normalized spacial score (nSPS) is 36.1. The highest BCUT2D eigenvalue weighted by atomic mass is 35.5. The van der Waals surface area contributed by atoms with Crippen LogP contribution in [0.3, 0.4) is 0 Å². The zero-order valence-electron chi connectivity index (χ0n) is 4.13. The van der Waals surface area contributed by atoms with Crippen LogP contribution in [0.5, 0.6) is 0 Å². The minimum Gasteiger partial charge on any atom is -0.327 e. The molecule has 0 spiro atoms. The summed E-state index contributed by atoms with van der Waals surface area (Å²) in [5.41, 5.74) is 5.41. The third kappa shape index (κ3) is 1.49. The predicted octanol–water partition coefficient (Wildman–Crippen LogP) is 0.941.